The van der Waals surface area contributed by atoms with Gasteiger partial charge in [-0.2, -0.15) is 10.4 Å². The van der Waals surface area contributed by atoms with Crippen molar-refractivity contribution in [3.63, 3.8) is 0 Å². The molecule has 0 aliphatic carbocycles. The van der Waals surface area contributed by atoms with Crippen molar-refractivity contribution < 1.29 is 28.5 Å². The number of benzene rings is 2. The molecule has 0 saturated heterocycles. The molecule has 41 heavy (non-hydrogen) atoms. The van der Waals surface area contributed by atoms with E-state index in [-0.39, 0.29) is 34.8 Å². The summed E-state index contributed by atoms with van der Waals surface area (Å²) in [5, 5.41) is 20.3. The van der Waals surface area contributed by atoms with E-state index in [1.54, 1.807) is 29.8 Å². The number of anilines is 1. The van der Waals surface area contributed by atoms with Crippen LogP contribution < -0.4 is 20.2 Å². The molecular weight excluding hydrogens is 591 g/mol. The van der Waals surface area contributed by atoms with Crippen molar-refractivity contribution in [2.75, 3.05) is 25.7 Å². The number of alkyl carbamates (subject to hydrolysis) is 1. The van der Waals surface area contributed by atoms with Gasteiger partial charge in [0.15, 0.2) is 5.75 Å². The first-order chi connectivity index (χ1) is 19.4. The molecule has 0 aliphatic rings. The van der Waals surface area contributed by atoms with Crippen LogP contribution in [0.5, 0.6) is 17.4 Å². The highest BCUT2D eigenvalue weighted by molar-refractivity contribution is 6.76. The van der Waals surface area contributed by atoms with Crippen molar-refractivity contribution in [3.05, 3.63) is 40.4 Å². The van der Waals surface area contributed by atoms with Gasteiger partial charge in [-0.25, -0.2) is 9.48 Å². The topological polar surface area (TPSA) is 149 Å². The summed E-state index contributed by atoms with van der Waals surface area (Å²) in [5.41, 5.74) is 2.96. The number of nitrogens with zero attached hydrogens (tertiary/aromatic N) is 4. The Hall–Kier alpha value is -3.83. The molecule has 1 aromatic heterocycles. The van der Waals surface area contributed by atoms with Gasteiger partial charge in [-0.3, -0.25) is 15.5 Å². The summed E-state index contributed by atoms with van der Waals surface area (Å²) in [4.78, 5) is 23.4. The third-order valence-corrected chi connectivity index (χ3v) is 7.68. The second-order valence-corrected chi connectivity index (χ2v) is 16.2. The third-order valence-electron chi connectivity index (χ3n) is 5.42. The zero-order chi connectivity index (χ0) is 30.2. The summed E-state index contributed by atoms with van der Waals surface area (Å²) < 4.78 is 23.6. The van der Waals surface area contributed by atoms with E-state index in [0.29, 0.717) is 23.6 Å². The van der Waals surface area contributed by atoms with Crippen molar-refractivity contribution >= 4 is 65.6 Å². The van der Waals surface area contributed by atoms with Crippen LogP contribution in [-0.2, 0) is 21.0 Å². The number of carbonyl (C=O) groups is 2. The van der Waals surface area contributed by atoms with E-state index in [4.69, 9.17) is 37.4 Å². The van der Waals surface area contributed by atoms with Gasteiger partial charge in [-0.05, 0) is 43.3 Å². The van der Waals surface area contributed by atoms with Crippen molar-refractivity contribution in [3.8, 4) is 23.4 Å². The maximum absolute atomic E-state index is 12.0. The van der Waals surface area contributed by atoms with Crippen LogP contribution in [0.4, 0.5) is 10.5 Å². The van der Waals surface area contributed by atoms with Crippen LogP contribution in [0.15, 0.2) is 35.4 Å². The number of aromatic nitrogens is 2. The van der Waals surface area contributed by atoms with Crippen molar-refractivity contribution in [1.82, 2.24) is 15.1 Å². The molecule has 3 aromatic rings. The van der Waals surface area contributed by atoms with E-state index in [9.17, 15) is 14.9 Å². The number of nitrogens with one attached hydrogen (secondary N) is 2. The number of hydrogen-bond acceptors (Lipinski definition) is 10. The van der Waals surface area contributed by atoms with Gasteiger partial charge in [0.1, 0.15) is 18.5 Å². The molecule has 0 atom stereocenters. The number of amides is 2. The van der Waals surface area contributed by atoms with Gasteiger partial charge < -0.3 is 18.9 Å². The molecule has 2 amide bonds. The normalized spacial score (nSPS) is 11.6. The summed E-state index contributed by atoms with van der Waals surface area (Å²) >= 11 is 12.9. The number of nitriles is 1. The first kappa shape index (κ1) is 31.7. The fraction of sp³-hybridized carbons (Fsp3) is 0.346. The van der Waals surface area contributed by atoms with E-state index >= 15 is 0 Å². The molecule has 0 saturated carbocycles. The van der Waals surface area contributed by atoms with E-state index in [2.05, 4.69) is 40.0 Å². The van der Waals surface area contributed by atoms with Crippen LogP contribution in [0.1, 0.15) is 6.92 Å². The molecule has 0 fully saturated rings. The SMILES string of the molecule is CCOC(=O)NC(=O)/C(C#N)=N/Nc1cc(Cl)c(Oc2ccc3c(c2)c(OC)nn3COCC[Si](C)(C)C)c(Cl)c1. The van der Waals surface area contributed by atoms with E-state index in [1.165, 1.54) is 19.2 Å². The molecule has 0 aliphatic heterocycles. The Bertz CT molecular complexity index is 1480. The van der Waals surface area contributed by atoms with Gasteiger partial charge in [-0.15, -0.1) is 5.10 Å². The molecule has 218 valence electrons. The standard InChI is InChI=1S/C26H30Cl2N6O6Si/c1-6-39-26(36)30-24(35)21(14-29)32-31-16-11-19(27)23(20(28)12-16)40-17-7-8-22-18(13-17)25(37-2)33-34(22)15-38-9-10-41(3,4)5/h7-8,11-13,31H,6,9-10,15H2,1-5H3,(H,30,35,36)/b32-21+. The minimum absolute atomic E-state index is 0.0563. The Balaban J connectivity index is 1.75. The van der Waals surface area contributed by atoms with E-state index < -0.39 is 25.8 Å². The largest absolute Gasteiger partial charge is 0.479 e. The molecule has 12 nitrogen and oxygen atoms in total. The second-order valence-electron chi connectivity index (χ2n) is 9.77. The van der Waals surface area contributed by atoms with Gasteiger partial charge in [0.2, 0.25) is 11.6 Å². The Kier molecular flexibility index (Phi) is 11.0. The maximum Gasteiger partial charge on any atom is 0.414 e. The predicted molar refractivity (Wildman–Crippen MR) is 159 cm³/mol. The predicted octanol–water partition coefficient (Wildman–Crippen LogP) is 6.02. The Morgan fingerprint density at radius 1 is 1.17 bits per heavy atom. The second kappa shape index (κ2) is 14.2. The monoisotopic (exact) mass is 620 g/mol. The van der Waals surface area contributed by atoms with Crippen molar-refractivity contribution in [1.29, 1.82) is 5.26 Å². The molecule has 15 heteroatoms. The zero-order valence-electron chi connectivity index (χ0n) is 23.2. The molecule has 2 aromatic carbocycles. The smallest absolute Gasteiger partial charge is 0.414 e. The lowest BCUT2D eigenvalue weighted by atomic mass is 10.2. The van der Waals surface area contributed by atoms with Crippen LogP contribution in [0.25, 0.3) is 10.9 Å². The Morgan fingerprint density at radius 2 is 1.88 bits per heavy atom. The van der Waals surface area contributed by atoms with Gasteiger partial charge >= 0.3 is 6.09 Å². The number of halogens is 2. The number of carbonyl (C=O) groups excluding carboxylic acids is 2. The highest BCUT2D eigenvalue weighted by atomic mass is 35.5. The molecule has 2 N–H and O–H groups in total. The maximum atomic E-state index is 12.0. The van der Waals surface area contributed by atoms with E-state index in [0.717, 1.165) is 11.6 Å². The Morgan fingerprint density at radius 3 is 2.49 bits per heavy atom. The number of hydrogen-bond donors (Lipinski definition) is 2. The van der Waals surface area contributed by atoms with Crippen molar-refractivity contribution in [2.24, 2.45) is 5.10 Å². The molecule has 1 heterocycles. The van der Waals surface area contributed by atoms with Gasteiger partial charge in [-0.1, -0.05) is 42.8 Å². The lowest BCUT2D eigenvalue weighted by Gasteiger charge is -2.15. The van der Waals surface area contributed by atoms with Crippen LogP contribution in [0, 0.1) is 11.3 Å². The summed E-state index contributed by atoms with van der Waals surface area (Å²) in [6.45, 7) is 9.46. The lowest BCUT2D eigenvalue weighted by Crippen LogP contribution is -2.36. The van der Waals surface area contributed by atoms with Crippen LogP contribution in [0.3, 0.4) is 0 Å². The third kappa shape index (κ3) is 8.83. The molecule has 0 unspecified atom stereocenters. The molecule has 0 spiro atoms. The zero-order valence-corrected chi connectivity index (χ0v) is 25.7. The first-order valence-corrected chi connectivity index (χ1v) is 16.9. The quantitative estimate of drug-likeness (QED) is 0.107. The number of ether oxygens (including phenoxy) is 4. The highest BCUT2D eigenvalue weighted by Gasteiger charge is 2.18. The molecular formula is C26H30Cl2N6O6Si. The lowest BCUT2D eigenvalue weighted by molar-refractivity contribution is -0.114. The molecule has 0 radical (unpaired) electrons. The number of imide groups is 1. The highest BCUT2D eigenvalue weighted by Crippen LogP contribution is 2.40. The number of rotatable bonds is 12. The summed E-state index contributed by atoms with van der Waals surface area (Å²) in [5.74, 6) is -0.0271. The number of hydrazone groups is 1. The van der Waals surface area contributed by atoms with Crippen LogP contribution >= 0.6 is 23.2 Å². The van der Waals surface area contributed by atoms with Crippen LogP contribution in [-0.4, -0.2) is 55.9 Å². The van der Waals surface area contributed by atoms with Gasteiger partial charge in [0.05, 0.1) is 40.4 Å². The summed E-state index contributed by atoms with van der Waals surface area (Å²) in [7, 11) is 0.329. The summed E-state index contributed by atoms with van der Waals surface area (Å²) in [6.07, 6.45) is -0.998. The molecule has 0 bridgehead atoms. The van der Waals surface area contributed by atoms with Crippen LogP contribution in [0.2, 0.25) is 35.7 Å². The van der Waals surface area contributed by atoms with Gasteiger partial charge in [0, 0.05) is 14.7 Å². The molecule has 3 rings (SSSR count). The fourth-order valence-electron chi connectivity index (χ4n) is 3.38. The first-order valence-electron chi connectivity index (χ1n) is 12.5. The van der Waals surface area contributed by atoms with E-state index in [1.807, 2.05) is 11.4 Å². The minimum atomic E-state index is -1.20. The minimum Gasteiger partial charge on any atom is -0.479 e. The summed E-state index contributed by atoms with van der Waals surface area (Å²) in [6, 6.07) is 10.9. The number of fused-ring (bicyclic) bond motifs is 1. The van der Waals surface area contributed by atoms with Crippen molar-refractivity contribution in [2.45, 2.75) is 39.3 Å². The fourth-order valence-corrected chi connectivity index (χ4v) is 4.70. The average molecular weight is 622 g/mol. The van der Waals surface area contributed by atoms with Gasteiger partial charge in [0.25, 0.3) is 5.91 Å². The Labute approximate surface area is 248 Å². The average Bonchev–Trinajstić information content (AvgIpc) is 3.25. The number of methoxy groups -OCH3 is 1.